The Balaban J connectivity index is 1.93. The molecule has 1 amide bonds. The number of nitrogens with zero attached hydrogens (tertiary/aromatic N) is 3. The molecule has 0 saturated carbocycles. The molecule has 0 unspecified atom stereocenters. The molecule has 142 valence electrons. The minimum absolute atomic E-state index is 0.0487. The minimum Gasteiger partial charge on any atom is -0.493 e. The van der Waals surface area contributed by atoms with Crippen molar-refractivity contribution in [3.8, 4) is 11.5 Å². The van der Waals surface area contributed by atoms with Gasteiger partial charge in [0.25, 0.3) is 0 Å². The van der Waals surface area contributed by atoms with Crippen LogP contribution in [0.2, 0.25) is 0 Å². The summed E-state index contributed by atoms with van der Waals surface area (Å²) in [6.45, 7) is -2.62. The number of ether oxygens (including phenoxy) is 2. The molecule has 0 fully saturated rings. The van der Waals surface area contributed by atoms with Crippen LogP contribution in [0.15, 0.2) is 22.5 Å². The van der Waals surface area contributed by atoms with Crippen LogP contribution in [-0.2, 0) is 11.3 Å². The summed E-state index contributed by atoms with van der Waals surface area (Å²) in [6.07, 6.45) is 0. The normalized spacial score (nSPS) is 10.7. The Kier molecular flexibility index (Phi) is 7.39. The standard InChI is InChI=1S/C15H18F2N4O3S2/c1-18-14-19-20-15(26-14)25-8-12(22)21(2)7-9-4-5-10(24-13(16)17)11(6-9)23-3/h4-6,13H,7-8H2,1-3H3,(H,18,19). The van der Waals surface area contributed by atoms with Crippen molar-refractivity contribution in [1.82, 2.24) is 15.1 Å². The Labute approximate surface area is 157 Å². The maximum atomic E-state index is 12.4. The summed E-state index contributed by atoms with van der Waals surface area (Å²) in [7, 11) is 4.78. The number of benzene rings is 1. The van der Waals surface area contributed by atoms with Crippen molar-refractivity contribution in [1.29, 1.82) is 0 Å². The molecule has 2 rings (SSSR count). The van der Waals surface area contributed by atoms with Crippen LogP contribution in [0, 0.1) is 0 Å². The fourth-order valence-corrected chi connectivity index (χ4v) is 3.61. The Morgan fingerprint density at radius 3 is 2.77 bits per heavy atom. The zero-order chi connectivity index (χ0) is 19.1. The molecule has 0 aliphatic heterocycles. The molecular weight excluding hydrogens is 386 g/mol. The number of alkyl halides is 2. The molecule has 1 aromatic carbocycles. The van der Waals surface area contributed by atoms with Gasteiger partial charge in [-0.2, -0.15) is 8.78 Å². The molecule has 11 heteroatoms. The predicted molar refractivity (Wildman–Crippen MR) is 96.3 cm³/mol. The van der Waals surface area contributed by atoms with E-state index in [2.05, 4.69) is 20.3 Å². The highest BCUT2D eigenvalue weighted by Crippen LogP contribution is 2.30. The van der Waals surface area contributed by atoms with E-state index in [0.29, 0.717) is 16.0 Å². The molecule has 0 saturated heterocycles. The van der Waals surface area contributed by atoms with Gasteiger partial charge in [-0.05, 0) is 17.7 Å². The van der Waals surface area contributed by atoms with Gasteiger partial charge >= 0.3 is 6.61 Å². The van der Waals surface area contributed by atoms with E-state index in [1.165, 1.54) is 41.2 Å². The zero-order valence-electron chi connectivity index (χ0n) is 14.4. The number of nitrogens with one attached hydrogen (secondary N) is 1. The number of carbonyl (C=O) groups is 1. The third-order valence-corrected chi connectivity index (χ3v) is 5.29. The van der Waals surface area contributed by atoms with Gasteiger partial charge in [-0.1, -0.05) is 29.2 Å². The van der Waals surface area contributed by atoms with Crippen LogP contribution in [0.4, 0.5) is 13.9 Å². The molecule has 26 heavy (non-hydrogen) atoms. The second-order valence-corrected chi connectivity index (χ2v) is 7.23. The van der Waals surface area contributed by atoms with Crippen LogP contribution < -0.4 is 14.8 Å². The number of carbonyl (C=O) groups excluding carboxylic acids is 1. The molecule has 2 aromatic rings. The number of methoxy groups -OCH3 is 1. The van der Waals surface area contributed by atoms with Crippen molar-refractivity contribution in [3.05, 3.63) is 23.8 Å². The molecule has 1 N–H and O–H groups in total. The van der Waals surface area contributed by atoms with E-state index in [1.54, 1.807) is 26.2 Å². The summed E-state index contributed by atoms with van der Waals surface area (Å²) in [4.78, 5) is 13.8. The lowest BCUT2D eigenvalue weighted by Gasteiger charge is -2.18. The molecular formula is C15H18F2N4O3S2. The van der Waals surface area contributed by atoms with Crippen LogP contribution in [0.3, 0.4) is 0 Å². The number of hydrogen-bond donors (Lipinski definition) is 1. The van der Waals surface area contributed by atoms with E-state index < -0.39 is 6.61 Å². The molecule has 1 heterocycles. The quantitative estimate of drug-likeness (QED) is 0.644. The number of amides is 1. The van der Waals surface area contributed by atoms with Crippen LogP contribution in [0.5, 0.6) is 11.5 Å². The summed E-state index contributed by atoms with van der Waals surface area (Å²) in [5.74, 6) is 0.264. The molecule has 1 aromatic heterocycles. The highest BCUT2D eigenvalue weighted by Gasteiger charge is 2.15. The third kappa shape index (κ3) is 5.70. The highest BCUT2D eigenvalue weighted by molar-refractivity contribution is 8.01. The molecule has 0 spiro atoms. The van der Waals surface area contributed by atoms with Crippen molar-refractivity contribution in [3.63, 3.8) is 0 Å². The van der Waals surface area contributed by atoms with Crippen molar-refractivity contribution in [2.45, 2.75) is 17.5 Å². The Morgan fingerprint density at radius 2 is 2.15 bits per heavy atom. The van der Waals surface area contributed by atoms with E-state index in [1.807, 2.05) is 0 Å². The van der Waals surface area contributed by atoms with Gasteiger partial charge in [0.1, 0.15) is 0 Å². The van der Waals surface area contributed by atoms with Gasteiger partial charge in [0.15, 0.2) is 15.8 Å². The van der Waals surface area contributed by atoms with Crippen molar-refractivity contribution in [2.75, 3.05) is 32.3 Å². The largest absolute Gasteiger partial charge is 0.493 e. The molecule has 0 bridgehead atoms. The number of rotatable bonds is 9. The van der Waals surface area contributed by atoms with Gasteiger partial charge in [0, 0.05) is 20.6 Å². The summed E-state index contributed by atoms with van der Waals surface area (Å²) in [5, 5.41) is 11.4. The van der Waals surface area contributed by atoms with Gasteiger partial charge in [0.2, 0.25) is 11.0 Å². The van der Waals surface area contributed by atoms with E-state index in [-0.39, 0.29) is 23.2 Å². The predicted octanol–water partition coefficient (Wildman–Crippen LogP) is 2.94. The van der Waals surface area contributed by atoms with Crippen LogP contribution in [-0.4, -0.2) is 54.6 Å². The maximum absolute atomic E-state index is 12.4. The summed E-state index contributed by atoms with van der Waals surface area (Å²) in [6, 6.07) is 4.58. The summed E-state index contributed by atoms with van der Waals surface area (Å²) < 4.78 is 34.9. The smallest absolute Gasteiger partial charge is 0.387 e. The summed E-state index contributed by atoms with van der Waals surface area (Å²) in [5.41, 5.74) is 0.734. The first-order valence-electron chi connectivity index (χ1n) is 7.42. The average molecular weight is 404 g/mol. The first-order valence-corrected chi connectivity index (χ1v) is 9.23. The number of anilines is 1. The number of halogens is 2. The van der Waals surface area contributed by atoms with Gasteiger partial charge < -0.3 is 19.7 Å². The minimum atomic E-state index is -2.93. The monoisotopic (exact) mass is 404 g/mol. The fraction of sp³-hybridized carbons (Fsp3) is 0.400. The number of thioether (sulfide) groups is 1. The molecule has 0 atom stereocenters. The van der Waals surface area contributed by atoms with Crippen LogP contribution in [0.25, 0.3) is 0 Å². The molecule has 0 aliphatic carbocycles. The molecule has 0 radical (unpaired) electrons. The Hall–Kier alpha value is -2.14. The highest BCUT2D eigenvalue weighted by atomic mass is 32.2. The van der Waals surface area contributed by atoms with Crippen molar-refractivity contribution in [2.24, 2.45) is 0 Å². The molecule has 7 nitrogen and oxygen atoms in total. The van der Waals surface area contributed by atoms with E-state index in [0.717, 1.165) is 5.56 Å². The van der Waals surface area contributed by atoms with E-state index in [9.17, 15) is 13.6 Å². The zero-order valence-corrected chi connectivity index (χ0v) is 16.0. The van der Waals surface area contributed by atoms with Crippen molar-refractivity contribution >= 4 is 34.1 Å². The lowest BCUT2D eigenvalue weighted by Crippen LogP contribution is -2.27. The van der Waals surface area contributed by atoms with Gasteiger partial charge in [-0.3, -0.25) is 4.79 Å². The number of hydrogen-bond acceptors (Lipinski definition) is 8. The van der Waals surface area contributed by atoms with Crippen LogP contribution in [0.1, 0.15) is 5.56 Å². The van der Waals surface area contributed by atoms with Gasteiger partial charge in [0.05, 0.1) is 12.9 Å². The topological polar surface area (TPSA) is 76.6 Å². The van der Waals surface area contributed by atoms with Gasteiger partial charge in [-0.25, -0.2) is 0 Å². The lowest BCUT2D eigenvalue weighted by molar-refractivity contribution is -0.127. The number of aromatic nitrogens is 2. The fourth-order valence-electron chi connectivity index (χ4n) is 1.97. The third-order valence-electron chi connectivity index (χ3n) is 3.23. The average Bonchev–Trinajstić information content (AvgIpc) is 3.08. The Bertz CT molecular complexity index is 745. The lowest BCUT2D eigenvalue weighted by atomic mass is 10.2. The second-order valence-electron chi connectivity index (χ2n) is 5.03. The first kappa shape index (κ1) is 20.2. The second kappa shape index (κ2) is 9.53. The van der Waals surface area contributed by atoms with E-state index >= 15 is 0 Å². The van der Waals surface area contributed by atoms with Crippen molar-refractivity contribution < 1.29 is 23.0 Å². The Morgan fingerprint density at radius 1 is 1.38 bits per heavy atom. The molecule has 0 aliphatic rings. The van der Waals surface area contributed by atoms with Gasteiger partial charge in [-0.15, -0.1) is 10.2 Å². The van der Waals surface area contributed by atoms with E-state index in [4.69, 9.17) is 4.74 Å². The summed E-state index contributed by atoms with van der Waals surface area (Å²) >= 11 is 2.68. The maximum Gasteiger partial charge on any atom is 0.387 e. The SMILES string of the molecule is CNc1nnc(SCC(=O)N(C)Cc2ccc(OC(F)F)c(OC)c2)s1. The first-order chi connectivity index (χ1) is 12.4. The van der Waals surface area contributed by atoms with Crippen LogP contribution >= 0.6 is 23.1 Å².